The molecule has 0 saturated carbocycles. The minimum absolute atomic E-state index is 0.00789. The number of amides is 1. The van der Waals surface area contributed by atoms with Gasteiger partial charge in [-0.3, -0.25) is 14.2 Å². The molecule has 0 atom stereocenters. The summed E-state index contributed by atoms with van der Waals surface area (Å²) < 4.78 is 15.4. The summed E-state index contributed by atoms with van der Waals surface area (Å²) >= 11 is 1.28. The standard InChI is InChI=1S/C25H19FN4O2S/c26-19-8-10-20(11-9-19)30-24(16-4-2-1-3-5-16)28-29-25(30)33-15-22(31)18-6-12-21-17(14-18)7-13-23(32)27-21/h1-6,8-12,14H,7,13,15H2,(H,27,32). The molecule has 4 aromatic rings. The second-order valence-corrected chi connectivity index (χ2v) is 8.56. The zero-order valence-corrected chi connectivity index (χ0v) is 18.3. The van der Waals surface area contributed by atoms with E-state index in [0.29, 0.717) is 35.1 Å². The highest BCUT2D eigenvalue weighted by atomic mass is 32.2. The molecule has 0 saturated heterocycles. The summed E-state index contributed by atoms with van der Waals surface area (Å²) in [7, 11) is 0. The molecule has 1 aromatic heterocycles. The van der Waals surface area contributed by atoms with Crippen LogP contribution in [0.15, 0.2) is 78.0 Å². The van der Waals surface area contributed by atoms with Gasteiger partial charge in [-0.1, -0.05) is 42.1 Å². The number of fused-ring (bicyclic) bond motifs is 1. The fraction of sp³-hybridized carbons (Fsp3) is 0.120. The molecule has 0 spiro atoms. The quantitative estimate of drug-likeness (QED) is 0.327. The SMILES string of the molecule is O=C1CCc2cc(C(=O)CSc3nnc(-c4ccccc4)n3-c3ccc(F)cc3)ccc2N1. The summed E-state index contributed by atoms with van der Waals surface area (Å²) in [5.74, 6) is 0.392. The van der Waals surface area contributed by atoms with Gasteiger partial charge in [0.05, 0.1) is 5.75 Å². The van der Waals surface area contributed by atoms with Crippen LogP contribution in [0.25, 0.3) is 17.1 Å². The average molecular weight is 459 g/mol. The molecule has 0 fully saturated rings. The lowest BCUT2D eigenvalue weighted by Gasteiger charge is -2.17. The summed E-state index contributed by atoms with van der Waals surface area (Å²) in [5, 5.41) is 12.0. The van der Waals surface area contributed by atoms with Crippen LogP contribution in [0.1, 0.15) is 22.3 Å². The van der Waals surface area contributed by atoms with Crippen molar-refractivity contribution >= 4 is 29.1 Å². The first kappa shape index (κ1) is 21.1. The third-order valence-electron chi connectivity index (χ3n) is 5.41. The Morgan fingerprint density at radius 3 is 2.58 bits per heavy atom. The van der Waals surface area contributed by atoms with Crippen molar-refractivity contribution in [2.24, 2.45) is 0 Å². The zero-order valence-electron chi connectivity index (χ0n) is 17.5. The first-order valence-corrected chi connectivity index (χ1v) is 11.4. The fourth-order valence-electron chi connectivity index (χ4n) is 3.73. The molecule has 0 radical (unpaired) electrons. The first-order chi connectivity index (χ1) is 16.1. The van der Waals surface area contributed by atoms with Crippen LogP contribution in [-0.4, -0.2) is 32.2 Å². The van der Waals surface area contributed by atoms with E-state index in [4.69, 9.17) is 0 Å². The minimum atomic E-state index is -0.332. The predicted octanol–water partition coefficient (Wildman–Crippen LogP) is 4.93. The lowest BCUT2D eigenvalue weighted by atomic mass is 9.99. The molecule has 0 unspecified atom stereocenters. The number of anilines is 1. The predicted molar refractivity (Wildman–Crippen MR) is 125 cm³/mol. The number of hydrogen-bond donors (Lipinski definition) is 1. The van der Waals surface area contributed by atoms with Crippen LogP contribution in [0, 0.1) is 5.82 Å². The van der Waals surface area contributed by atoms with Gasteiger partial charge >= 0.3 is 0 Å². The average Bonchev–Trinajstić information content (AvgIpc) is 3.27. The third kappa shape index (κ3) is 4.42. The number of nitrogens with one attached hydrogen (secondary N) is 1. The number of ketones is 1. The molecular weight excluding hydrogens is 439 g/mol. The van der Waals surface area contributed by atoms with Gasteiger partial charge in [-0.05, 0) is 54.4 Å². The maximum atomic E-state index is 13.5. The Labute approximate surface area is 193 Å². The van der Waals surface area contributed by atoms with Crippen LogP contribution in [0.5, 0.6) is 0 Å². The molecule has 1 N–H and O–H groups in total. The Hall–Kier alpha value is -3.78. The van der Waals surface area contributed by atoms with Gasteiger partial charge in [0.25, 0.3) is 0 Å². The summed E-state index contributed by atoms with van der Waals surface area (Å²) in [6.45, 7) is 0. The molecule has 0 bridgehead atoms. The highest BCUT2D eigenvalue weighted by molar-refractivity contribution is 7.99. The highest BCUT2D eigenvalue weighted by Gasteiger charge is 2.20. The van der Waals surface area contributed by atoms with Crippen LogP contribution >= 0.6 is 11.8 Å². The Balaban J connectivity index is 1.42. The van der Waals surface area contributed by atoms with E-state index in [1.165, 1.54) is 23.9 Å². The maximum absolute atomic E-state index is 13.5. The molecule has 33 heavy (non-hydrogen) atoms. The number of Topliss-reactive ketones (excluding diaryl/α,β-unsaturated/α-hetero) is 1. The lowest BCUT2D eigenvalue weighted by molar-refractivity contribution is -0.116. The zero-order chi connectivity index (χ0) is 22.8. The van der Waals surface area contributed by atoms with E-state index < -0.39 is 0 Å². The number of halogens is 1. The van der Waals surface area contributed by atoms with Crippen LogP contribution < -0.4 is 5.32 Å². The van der Waals surface area contributed by atoms with E-state index >= 15 is 0 Å². The molecule has 2 heterocycles. The molecule has 6 nitrogen and oxygen atoms in total. The monoisotopic (exact) mass is 458 g/mol. The van der Waals surface area contributed by atoms with Gasteiger partial charge in [-0.25, -0.2) is 4.39 Å². The molecule has 1 aliphatic heterocycles. The van der Waals surface area contributed by atoms with Crippen molar-refractivity contribution in [3.05, 3.63) is 89.7 Å². The molecule has 0 aliphatic carbocycles. The Morgan fingerprint density at radius 1 is 1.00 bits per heavy atom. The van der Waals surface area contributed by atoms with E-state index in [9.17, 15) is 14.0 Å². The second kappa shape index (κ2) is 8.99. The van der Waals surface area contributed by atoms with Crippen molar-refractivity contribution < 1.29 is 14.0 Å². The highest BCUT2D eigenvalue weighted by Crippen LogP contribution is 2.29. The van der Waals surface area contributed by atoms with Crippen LogP contribution in [0.4, 0.5) is 10.1 Å². The summed E-state index contributed by atoms with van der Waals surface area (Å²) in [6, 6.07) is 21.0. The van der Waals surface area contributed by atoms with E-state index in [1.807, 2.05) is 41.0 Å². The Kier molecular flexibility index (Phi) is 5.75. The number of aromatic nitrogens is 3. The second-order valence-electron chi connectivity index (χ2n) is 7.62. The Bertz CT molecular complexity index is 1340. The fourth-order valence-corrected chi connectivity index (χ4v) is 4.58. The summed E-state index contributed by atoms with van der Waals surface area (Å²) in [4.78, 5) is 24.5. The van der Waals surface area contributed by atoms with Gasteiger partial charge in [0.1, 0.15) is 5.82 Å². The summed E-state index contributed by atoms with van der Waals surface area (Å²) in [5.41, 5.74) is 3.89. The number of rotatable bonds is 6. The smallest absolute Gasteiger partial charge is 0.224 e. The van der Waals surface area contributed by atoms with Crippen LogP contribution in [0.3, 0.4) is 0 Å². The maximum Gasteiger partial charge on any atom is 0.224 e. The number of benzene rings is 3. The summed E-state index contributed by atoms with van der Waals surface area (Å²) in [6.07, 6.45) is 1.04. The Morgan fingerprint density at radius 2 is 1.79 bits per heavy atom. The number of aryl methyl sites for hydroxylation is 1. The third-order valence-corrected chi connectivity index (χ3v) is 6.33. The normalized spacial score (nSPS) is 12.8. The van der Waals surface area contributed by atoms with Crippen molar-refractivity contribution in [1.82, 2.24) is 14.8 Å². The van der Waals surface area contributed by atoms with Crippen molar-refractivity contribution in [1.29, 1.82) is 0 Å². The first-order valence-electron chi connectivity index (χ1n) is 10.4. The molecule has 1 aliphatic rings. The molecule has 5 rings (SSSR count). The minimum Gasteiger partial charge on any atom is -0.326 e. The van der Waals surface area contributed by atoms with Crippen molar-refractivity contribution in [2.45, 2.75) is 18.0 Å². The molecule has 164 valence electrons. The largest absolute Gasteiger partial charge is 0.326 e. The van der Waals surface area contributed by atoms with E-state index in [1.54, 1.807) is 24.3 Å². The van der Waals surface area contributed by atoms with Gasteiger partial charge in [-0.15, -0.1) is 10.2 Å². The van der Waals surface area contributed by atoms with Crippen LogP contribution in [-0.2, 0) is 11.2 Å². The van der Waals surface area contributed by atoms with Crippen molar-refractivity contribution in [2.75, 3.05) is 11.1 Å². The number of nitrogens with zero attached hydrogens (tertiary/aromatic N) is 3. The molecule has 8 heteroatoms. The van der Waals surface area contributed by atoms with Gasteiger partial charge in [0.15, 0.2) is 16.8 Å². The van der Waals surface area contributed by atoms with E-state index in [-0.39, 0.29) is 23.3 Å². The number of hydrogen-bond acceptors (Lipinski definition) is 5. The molecule has 1 amide bonds. The molecular formula is C25H19FN4O2S. The van der Waals surface area contributed by atoms with Gasteiger partial charge in [0, 0.05) is 28.9 Å². The number of carbonyl (C=O) groups is 2. The van der Waals surface area contributed by atoms with Gasteiger partial charge < -0.3 is 5.32 Å². The van der Waals surface area contributed by atoms with Gasteiger partial charge in [-0.2, -0.15) is 0 Å². The lowest BCUT2D eigenvalue weighted by Crippen LogP contribution is -2.19. The van der Waals surface area contributed by atoms with Crippen molar-refractivity contribution in [3.8, 4) is 17.1 Å². The van der Waals surface area contributed by atoms with Crippen molar-refractivity contribution in [3.63, 3.8) is 0 Å². The number of carbonyl (C=O) groups excluding carboxylic acids is 2. The molecule has 3 aromatic carbocycles. The van der Waals surface area contributed by atoms with Crippen LogP contribution in [0.2, 0.25) is 0 Å². The number of thioether (sulfide) groups is 1. The topological polar surface area (TPSA) is 76.9 Å². The van der Waals surface area contributed by atoms with Gasteiger partial charge in [0.2, 0.25) is 5.91 Å². The van der Waals surface area contributed by atoms with E-state index in [2.05, 4.69) is 15.5 Å². The van der Waals surface area contributed by atoms with E-state index in [0.717, 1.165) is 16.8 Å².